The van der Waals surface area contributed by atoms with Gasteiger partial charge in [0.1, 0.15) is 5.82 Å². The molecule has 2 N–H and O–H groups in total. The van der Waals surface area contributed by atoms with Gasteiger partial charge in [0.25, 0.3) is 5.91 Å². The van der Waals surface area contributed by atoms with Crippen molar-refractivity contribution in [1.82, 2.24) is 9.55 Å². The third-order valence-corrected chi connectivity index (χ3v) is 3.65. The second-order valence-electron chi connectivity index (χ2n) is 4.80. The molecule has 7 heteroatoms. The fourth-order valence-electron chi connectivity index (χ4n) is 2.14. The maximum Gasteiger partial charge on any atom is 0.326 e. The summed E-state index contributed by atoms with van der Waals surface area (Å²) in [5.41, 5.74) is 1.65. The first kappa shape index (κ1) is 14.3. The summed E-state index contributed by atoms with van der Waals surface area (Å²) in [5.74, 6) is -1.01. The normalized spacial score (nSPS) is 10.9. The summed E-state index contributed by atoms with van der Waals surface area (Å²) in [6.45, 7) is 0. The lowest BCUT2D eigenvalue weighted by atomic mass is 10.2. The first-order valence-electron chi connectivity index (χ1n) is 6.41. The molecule has 1 amide bonds. The number of nitrogens with one attached hydrogen (secondary N) is 2. The van der Waals surface area contributed by atoms with Crippen molar-refractivity contribution in [2.24, 2.45) is 7.05 Å². The molecule has 0 saturated carbocycles. The Labute approximate surface area is 129 Å². The fraction of sp³-hybridized carbons (Fsp3) is 0.0667. The number of amides is 1. The van der Waals surface area contributed by atoms with E-state index in [9.17, 15) is 14.0 Å². The van der Waals surface area contributed by atoms with Gasteiger partial charge in [-0.3, -0.25) is 9.36 Å². The predicted octanol–water partition coefficient (Wildman–Crippen LogP) is 2.91. The van der Waals surface area contributed by atoms with Crippen LogP contribution in [0.15, 0.2) is 41.2 Å². The number of hydrogen-bond acceptors (Lipinski definition) is 2. The first-order chi connectivity index (χ1) is 10.5. The van der Waals surface area contributed by atoms with E-state index in [2.05, 4.69) is 10.3 Å². The number of H-pyrrole nitrogens is 1. The maximum atomic E-state index is 13.4. The van der Waals surface area contributed by atoms with Crippen LogP contribution in [-0.4, -0.2) is 15.5 Å². The predicted molar refractivity (Wildman–Crippen MR) is 82.9 cm³/mol. The molecule has 0 bridgehead atoms. The third kappa shape index (κ3) is 2.48. The number of carbonyl (C=O) groups is 1. The van der Waals surface area contributed by atoms with Crippen molar-refractivity contribution in [3.8, 4) is 0 Å². The Hall–Kier alpha value is -2.60. The Morgan fingerprint density at radius 1 is 1.27 bits per heavy atom. The van der Waals surface area contributed by atoms with Crippen LogP contribution in [0.2, 0.25) is 5.02 Å². The second-order valence-corrected chi connectivity index (χ2v) is 5.21. The Morgan fingerprint density at radius 3 is 2.77 bits per heavy atom. The number of anilines is 1. The zero-order valence-electron chi connectivity index (χ0n) is 11.5. The number of aryl methyl sites for hydroxylation is 1. The molecule has 0 aliphatic heterocycles. The number of carbonyl (C=O) groups excluding carboxylic acids is 1. The van der Waals surface area contributed by atoms with Crippen molar-refractivity contribution in [3.63, 3.8) is 0 Å². The lowest BCUT2D eigenvalue weighted by Crippen LogP contribution is -2.13. The Morgan fingerprint density at radius 2 is 2.05 bits per heavy atom. The van der Waals surface area contributed by atoms with Crippen molar-refractivity contribution in [1.29, 1.82) is 0 Å². The third-order valence-electron chi connectivity index (χ3n) is 3.34. The lowest BCUT2D eigenvalue weighted by molar-refractivity contribution is 0.102. The second kappa shape index (κ2) is 5.31. The smallest absolute Gasteiger partial charge is 0.322 e. The first-order valence-corrected chi connectivity index (χ1v) is 6.78. The minimum absolute atomic E-state index is 0.0123. The molecule has 0 aliphatic carbocycles. The van der Waals surface area contributed by atoms with Crippen molar-refractivity contribution < 1.29 is 9.18 Å². The molecule has 112 valence electrons. The zero-order chi connectivity index (χ0) is 15.9. The van der Waals surface area contributed by atoms with Crippen LogP contribution in [0.1, 0.15) is 10.4 Å². The van der Waals surface area contributed by atoms with E-state index in [1.165, 1.54) is 16.7 Å². The van der Waals surface area contributed by atoms with E-state index in [-0.39, 0.29) is 10.7 Å². The molecule has 22 heavy (non-hydrogen) atoms. The number of nitrogens with zero attached hydrogens (tertiary/aromatic N) is 1. The molecule has 3 aromatic rings. The number of rotatable bonds is 2. The molecule has 1 aromatic heterocycles. The standard InChI is InChI=1S/C15H11ClFN3O2/c1-20-13-6-8(2-5-12(13)19-15(20)22)14(21)18-9-3-4-10(16)11(17)7-9/h2-7H,1H3,(H,18,21)(H,19,22). The van der Waals surface area contributed by atoms with Gasteiger partial charge in [-0.15, -0.1) is 0 Å². The van der Waals surface area contributed by atoms with Crippen molar-refractivity contribution >= 4 is 34.2 Å². The molecular formula is C15H11ClFN3O2. The van der Waals surface area contributed by atoms with Gasteiger partial charge in [-0.25, -0.2) is 9.18 Å². The van der Waals surface area contributed by atoms with Crippen molar-refractivity contribution in [3.05, 3.63) is 63.3 Å². The summed E-state index contributed by atoms with van der Waals surface area (Å²) in [6.07, 6.45) is 0. The van der Waals surface area contributed by atoms with Crippen LogP contribution in [0, 0.1) is 5.82 Å². The van der Waals surface area contributed by atoms with Crippen LogP contribution in [0.5, 0.6) is 0 Å². The molecule has 0 fully saturated rings. The number of halogens is 2. The van der Waals surface area contributed by atoms with Gasteiger partial charge >= 0.3 is 5.69 Å². The van der Waals surface area contributed by atoms with E-state index in [0.717, 1.165) is 6.07 Å². The van der Waals surface area contributed by atoms with Crippen LogP contribution in [0.4, 0.5) is 10.1 Å². The van der Waals surface area contributed by atoms with Gasteiger partial charge in [0, 0.05) is 18.3 Å². The summed E-state index contributed by atoms with van der Waals surface area (Å²) >= 11 is 5.60. The largest absolute Gasteiger partial charge is 0.326 e. The van der Waals surface area contributed by atoms with Crippen LogP contribution >= 0.6 is 11.6 Å². The van der Waals surface area contributed by atoms with Gasteiger partial charge in [0.15, 0.2) is 0 Å². The Balaban J connectivity index is 1.93. The summed E-state index contributed by atoms with van der Waals surface area (Å²) in [4.78, 5) is 26.4. The van der Waals surface area contributed by atoms with Gasteiger partial charge in [-0.05, 0) is 36.4 Å². The molecule has 0 saturated heterocycles. The van der Waals surface area contributed by atoms with E-state index in [1.807, 2.05) is 0 Å². The molecule has 0 aliphatic rings. The van der Waals surface area contributed by atoms with Crippen molar-refractivity contribution in [2.45, 2.75) is 0 Å². The molecular weight excluding hydrogens is 309 g/mol. The van der Waals surface area contributed by atoms with E-state index in [0.29, 0.717) is 22.3 Å². The fourth-order valence-corrected chi connectivity index (χ4v) is 2.26. The van der Waals surface area contributed by atoms with Crippen molar-refractivity contribution in [2.75, 3.05) is 5.32 Å². The van der Waals surface area contributed by atoms with Gasteiger partial charge in [-0.2, -0.15) is 0 Å². The highest BCUT2D eigenvalue weighted by Gasteiger charge is 2.11. The maximum absolute atomic E-state index is 13.4. The molecule has 0 radical (unpaired) electrons. The van der Waals surface area contributed by atoms with E-state index in [1.54, 1.807) is 25.2 Å². The molecule has 3 rings (SSSR count). The number of fused-ring (bicyclic) bond motifs is 1. The summed E-state index contributed by atoms with van der Waals surface area (Å²) in [7, 11) is 1.61. The summed E-state index contributed by atoms with van der Waals surface area (Å²) in [6, 6.07) is 8.84. The highest BCUT2D eigenvalue weighted by Crippen LogP contribution is 2.20. The highest BCUT2D eigenvalue weighted by atomic mass is 35.5. The minimum atomic E-state index is -0.608. The Kier molecular flexibility index (Phi) is 3.46. The topological polar surface area (TPSA) is 66.9 Å². The SMILES string of the molecule is Cn1c(=O)[nH]c2ccc(C(=O)Nc3ccc(Cl)c(F)c3)cc21. The molecule has 0 unspecified atom stereocenters. The molecule has 2 aromatic carbocycles. The van der Waals surface area contributed by atoms with Gasteiger partial charge < -0.3 is 10.3 Å². The van der Waals surface area contributed by atoms with Crippen LogP contribution in [0.25, 0.3) is 11.0 Å². The average Bonchev–Trinajstić information content (AvgIpc) is 2.78. The number of benzene rings is 2. The highest BCUT2D eigenvalue weighted by molar-refractivity contribution is 6.30. The van der Waals surface area contributed by atoms with Gasteiger partial charge in [-0.1, -0.05) is 11.6 Å². The number of aromatic nitrogens is 2. The number of aromatic amines is 1. The monoisotopic (exact) mass is 319 g/mol. The summed E-state index contributed by atoms with van der Waals surface area (Å²) < 4.78 is 14.8. The quantitative estimate of drug-likeness (QED) is 0.762. The van der Waals surface area contributed by atoms with Gasteiger partial charge in [0.2, 0.25) is 0 Å². The summed E-state index contributed by atoms with van der Waals surface area (Å²) in [5, 5.41) is 2.57. The van der Waals surface area contributed by atoms with E-state index >= 15 is 0 Å². The van der Waals surface area contributed by atoms with Crippen LogP contribution in [0.3, 0.4) is 0 Å². The van der Waals surface area contributed by atoms with Crippen LogP contribution < -0.4 is 11.0 Å². The Bertz CT molecular complexity index is 946. The van der Waals surface area contributed by atoms with E-state index in [4.69, 9.17) is 11.6 Å². The molecule has 0 spiro atoms. The molecule has 5 nitrogen and oxygen atoms in total. The number of hydrogen-bond donors (Lipinski definition) is 2. The lowest BCUT2D eigenvalue weighted by Gasteiger charge is -2.06. The average molecular weight is 320 g/mol. The molecule has 0 atom stereocenters. The zero-order valence-corrected chi connectivity index (χ0v) is 12.2. The molecule has 1 heterocycles. The van der Waals surface area contributed by atoms with E-state index < -0.39 is 11.7 Å². The van der Waals surface area contributed by atoms with Crippen LogP contribution in [-0.2, 0) is 7.05 Å². The number of imidazole rings is 1. The minimum Gasteiger partial charge on any atom is -0.322 e. The van der Waals surface area contributed by atoms with Gasteiger partial charge in [0.05, 0.1) is 16.1 Å².